The molecule has 4 aromatic rings. The summed E-state index contributed by atoms with van der Waals surface area (Å²) in [6.07, 6.45) is 0. The zero-order chi connectivity index (χ0) is 25.8. The van der Waals surface area contributed by atoms with E-state index >= 15 is 0 Å². The van der Waals surface area contributed by atoms with Gasteiger partial charge in [-0.25, -0.2) is 4.98 Å². The van der Waals surface area contributed by atoms with Crippen molar-refractivity contribution in [3.63, 3.8) is 0 Å². The van der Waals surface area contributed by atoms with Gasteiger partial charge in [-0.15, -0.1) is 0 Å². The minimum Gasteiger partial charge on any atom is -0.326 e. The lowest BCUT2D eigenvalue weighted by Crippen LogP contribution is -2.30. The Hall–Kier alpha value is -4.79. The predicted octanol–water partition coefficient (Wildman–Crippen LogP) is 3.93. The number of nitrogens with one attached hydrogen (secondary N) is 3. The van der Waals surface area contributed by atoms with Crippen LogP contribution in [0.5, 0.6) is 0 Å². The van der Waals surface area contributed by atoms with E-state index < -0.39 is 11.5 Å². The number of carbonyl (C=O) groups excluding carboxylic acids is 3. The summed E-state index contributed by atoms with van der Waals surface area (Å²) in [6.45, 7) is 4.44. The molecule has 0 saturated carbocycles. The van der Waals surface area contributed by atoms with E-state index in [0.717, 1.165) is 5.56 Å². The van der Waals surface area contributed by atoms with E-state index in [1.54, 1.807) is 60.7 Å². The van der Waals surface area contributed by atoms with E-state index in [0.29, 0.717) is 33.7 Å². The first-order valence-corrected chi connectivity index (χ1v) is 11.3. The number of aryl methyl sites for hydroxylation is 1. The number of fused-ring (bicyclic) bond motifs is 1. The van der Waals surface area contributed by atoms with Crippen molar-refractivity contribution in [3.05, 3.63) is 82.6 Å². The lowest BCUT2D eigenvalue weighted by Gasteiger charge is -2.15. The zero-order valence-corrected chi connectivity index (χ0v) is 20.1. The Kier molecular flexibility index (Phi) is 6.91. The number of nitrogens with zero attached hydrogens (tertiary/aromatic N) is 2. The average Bonchev–Trinajstić information content (AvgIpc) is 2.82. The molecule has 1 heterocycles. The van der Waals surface area contributed by atoms with E-state index in [9.17, 15) is 19.2 Å². The molecule has 0 bridgehead atoms. The summed E-state index contributed by atoms with van der Waals surface area (Å²) in [5.74, 6) is -0.870. The minimum atomic E-state index is -0.456. The molecule has 3 N–H and O–H groups in total. The van der Waals surface area contributed by atoms with Crippen LogP contribution in [0.2, 0.25) is 0 Å². The van der Waals surface area contributed by atoms with Gasteiger partial charge in [0, 0.05) is 30.8 Å². The second kappa shape index (κ2) is 10.2. The molecular weight excluding hydrogens is 458 g/mol. The van der Waals surface area contributed by atoms with Crippen LogP contribution in [0.3, 0.4) is 0 Å². The second-order valence-electron chi connectivity index (χ2n) is 8.38. The summed E-state index contributed by atoms with van der Waals surface area (Å²) in [5, 5.41) is 8.20. The lowest BCUT2D eigenvalue weighted by atomic mass is 10.1. The molecule has 0 aliphatic heterocycles. The summed E-state index contributed by atoms with van der Waals surface area (Å²) in [4.78, 5) is 54.1. The fourth-order valence-electron chi connectivity index (χ4n) is 3.86. The van der Waals surface area contributed by atoms with Gasteiger partial charge in [0.15, 0.2) is 0 Å². The zero-order valence-electron chi connectivity index (χ0n) is 20.1. The molecule has 3 aromatic carbocycles. The van der Waals surface area contributed by atoms with Crippen LogP contribution in [0.1, 0.15) is 19.4 Å². The van der Waals surface area contributed by atoms with E-state index in [-0.39, 0.29) is 24.1 Å². The molecule has 182 valence electrons. The van der Waals surface area contributed by atoms with Crippen LogP contribution in [-0.4, -0.2) is 27.3 Å². The van der Waals surface area contributed by atoms with Gasteiger partial charge in [0.1, 0.15) is 12.2 Å². The van der Waals surface area contributed by atoms with Crippen LogP contribution >= 0.6 is 0 Å². The second-order valence-corrected chi connectivity index (χ2v) is 8.38. The smallest absolute Gasteiger partial charge is 0.278 e. The van der Waals surface area contributed by atoms with Crippen LogP contribution in [0.15, 0.2) is 71.5 Å². The first-order chi connectivity index (χ1) is 17.2. The molecule has 3 amide bonds. The summed E-state index contributed by atoms with van der Waals surface area (Å²) in [5.41, 5.74) is 3.68. The maximum Gasteiger partial charge on any atom is 0.278 e. The average molecular weight is 484 g/mol. The van der Waals surface area contributed by atoms with Gasteiger partial charge < -0.3 is 16.0 Å². The third kappa shape index (κ3) is 5.47. The Bertz CT molecular complexity index is 1540. The van der Waals surface area contributed by atoms with Gasteiger partial charge in [-0.1, -0.05) is 23.8 Å². The first kappa shape index (κ1) is 24.3. The van der Waals surface area contributed by atoms with Crippen molar-refractivity contribution in [2.45, 2.75) is 27.3 Å². The third-order valence-corrected chi connectivity index (χ3v) is 5.38. The highest BCUT2D eigenvalue weighted by Crippen LogP contribution is 2.27. The third-order valence-electron chi connectivity index (χ3n) is 5.38. The molecule has 0 spiro atoms. The maximum absolute atomic E-state index is 13.6. The molecule has 0 atom stereocenters. The minimum absolute atomic E-state index is 0.133. The van der Waals surface area contributed by atoms with E-state index in [1.165, 1.54) is 18.4 Å². The number of aromatic nitrogens is 2. The normalized spacial score (nSPS) is 10.6. The van der Waals surface area contributed by atoms with Gasteiger partial charge in [0.25, 0.3) is 5.56 Å². The Balaban J connectivity index is 1.72. The molecule has 0 unspecified atom stereocenters. The van der Waals surface area contributed by atoms with Crippen molar-refractivity contribution < 1.29 is 14.4 Å². The van der Waals surface area contributed by atoms with Crippen molar-refractivity contribution in [3.8, 4) is 11.3 Å². The molecule has 0 fully saturated rings. The lowest BCUT2D eigenvalue weighted by molar-refractivity contribution is -0.117. The van der Waals surface area contributed by atoms with E-state index in [2.05, 4.69) is 20.9 Å². The molecule has 0 aliphatic carbocycles. The number of anilines is 3. The number of hydrogen-bond donors (Lipinski definition) is 3. The SMILES string of the molecule is CC(=O)Nc1ccc(NC(=O)Cn2c(=O)c(-c3cc(C)ccc3NC(C)=O)nc3ccccc32)cc1. The number of rotatable bonds is 6. The van der Waals surface area contributed by atoms with Crippen LogP contribution in [0.4, 0.5) is 17.1 Å². The fraction of sp³-hybridized carbons (Fsp3) is 0.148. The highest BCUT2D eigenvalue weighted by atomic mass is 16.2. The number of amides is 3. The molecule has 0 radical (unpaired) electrons. The van der Waals surface area contributed by atoms with Crippen LogP contribution in [0.25, 0.3) is 22.3 Å². The van der Waals surface area contributed by atoms with Gasteiger partial charge in [-0.05, 0) is 55.5 Å². The van der Waals surface area contributed by atoms with Crippen LogP contribution in [-0.2, 0) is 20.9 Å². The Labute approximate surface area is 207 Å². The number of para-hydroxylation sites is 2. The Morgan fingerprint density at radius 3 is 2.14 bits per heavy atom. The highest BCUT2D eigenvalue weighted by Gasteiger charge is 2.18. The summed E-state index contributed by atoms with van der Waals surface area (Å²) < 4.78 is 1.37. The number of hydrogen-bond acceptors (Lipinski definition) is 5. The van der Waals surface area contributed by atoms with Crippen molar-refractivity contribution in [2.24, 2.45) is 0 Å². The van der Waals surface area contributed by atoms with Crippen LogP contribution in [0, 0.1) is 6.92 Å². The monoisotopic (exact) mass is 483 g/mol. The van der Waals surface area contributed by atoms with Gasteiger partial charge in [-0.2, -0.15) is 0 Å². The first-order valence-electron chi connectivity index (χ1n) is 11.3. The molecule has 9 heteroatoms. The van der Waals surface area contributed by atoms with Crippen molar-refractivity contribution in [1.82, 2.24) is 9.55 Å². The van der Waals surface area contributed by atoms with Gasteiger partial charge >= 0.3 is 0 Å². The van der Waals surface area contributed by atoms with E-state index in [4.69, 9.17) is 0 Å². The molecule has 9 nitrogen and oxygen atoms in total. The summed E-state index contributed by atoms with van der Waals surface area (Å²) >= 11 is 0. The molecule has 0 saturated heterocycles. The van der Waals surface area contributed by atoms with E-state index in [1.807, 2.05) is 13.0 Å². The number of carbonyl (C=O) groups is 3. The largest absolute Gasteiger partial charge is 0.326 e. The highest BCUT2D eigenvalue weighted by molar-refractivity contribution is 5.95. The summed E-state index contributed by atoms with van der Waals surface area (Å²) in [6, 6.07) is 19.1. The van der Waals surface area contributed by atoms with Crippen molar-refractivity contribution in [1.29, 1.82) is 0 Å². The van der Waals surface area contributed by atoms with Crippen molar-refractivity contribution >= 4 is 45.8 Å². The molecule has 1 aromatic heterocycles. The fourth-order valence-corrected chi connectivity index (χ4v) is 3.86. The van der Waals surface area contributed by atoms with Crippen molar-refractivity contribution in [2.75, 3.05) is 16.0 Å². The molecular formula is C27H25N5O4. The Morgan fingerprint density at radius 1 is 0.833 bits per heavy atom. The standard InChI is InChI=1S/C27H25N5O4/c1-16-8-13-22(29-18(3)34)21(14-16)26-27(36)32(24-7-5-4-6-23(24)31-26)15-25(35)30-20-11-9-19(10-12-20)28-17(2)33/h4-14H,15H2,1-3H3,(H,28,33)(H,29,34)(H,30,35). The molecule has 0 aliphatic rings. The predicted molar refractivity (Wildman–Crippen MR) is 140 cm³/mol. The topological polar surface area (TPSA) is 122 Å². The number of benzene rings is 3. The van der Waals surface area contributed by atoms with Gasteiger partial charge in [-0.3, -0.25) is 23.7 Å². The maximum atomic E-state index is 13.6. The Morgan fingerprint density at radius 2 is 1.47 bits per heavy atom. The molecule has 36 heavy (non-hydrogen) atoms. The quantitative estimate of drug-likeness (QED) is 0.384. The molecule has 4 rings (SSSR count). The van der Waals surface area contributed by atoms with Gasteiger partial charge in [0.05, 0.1) is 16.7 Å². The van der Waals surface area contributed by atoms with Gasteiger partial charge in [0.2, 0.25) is 17.7 Å². The van der Waals surface area contributed by atoms with Crippen LogP contribution < -0.4 is 21.5 Å². The summed E-state index contributed by atoms with van der Waals surface area (Å²) in [7, 11) is 0.